The second-order valence-electron chi connectivity index (χ2n) is 3.87. The summed E-state index contributed by atoms with van der Waals surface area (Å²) in [5, 5.41) is 5.14. The second-order valence-corrected chi connectivity index (χ2v) is 7.59. The Kier molecular flexibility index (Phi) is 7.45. The number of hydrogen-bond acceptors (Lipinski definition) is 7. The summed E-state index contributed by atoms with van der Waals surface area (Å²) in [4.78, 5) is 1.68. The van der Waals surface area contributed by atoms with Gasteiger partial charge in [0.05, 0.1) is 19.3 Å². The predicted molar refractivity (Wildman–Crippen MR) is 79.7 cm³/mol. The molecule has 6 nitrogen and oxygen atoms in total. The third-order valence-corrected chi connectivity index (χ3v) is 6.03. The maximum Gasteiger partial charge on any atom is 0.247 e. The highest BCUT2D eigenvalue weighted by Gasteiger charge is 2.20. The van der Waals surface area contributed by atoms with Crippen LogP contribution in [-0.4, -0.2) is 41.8 Å². The van der Waals surface area contributed by atoms with Crippen molar-refractivity contribution >= 4 is 33.1 Å². The van der Waals surface area contributed by atoms with Crippen molar-refractivity contribution in [2.24, 2.45) is 5.14 Å². The van der Waals surface area contributed by atoms with Gasteiger partial charge in [-0.05, 0) is 19.2 Å². The average molecular weight is 341 g/mol. The van der Waals surface area contributed by atoms with E-state index in [1.807, 2.05) is 13.2 Å². The Hall–Kier alpha value is -0.160. The number of rotatable bonds is 9. The zero-order valence-corrected chi connectivity index (χ0v) is 14.1. The van der Waals surface area contributed by atoms with Crippen LogP contribution in [0.1, 0.15) is 17.9 Å². The molecule has 0 saturated heterocycles. The van der Waals surface area contributed by atoms with Gasteiger partial charge < -0.3 is 14.2 Å². The number of methoxy groups -OCH3 is 1. The molecule has 0 radical (unpaired) electrons. The van der Waals surface area contributed by atoms with Crippen molar-refractivity contribution in [2.45, 2.75) is 22.1 Å². The van der Waals surface area contributed by atoms with E-state index in [2.05, 4.69) is 0 Å². The molecule has 0 aliphatic heterocycles. The molecule has 0 aliphatic carbocycles. The summed E-state index contributed by atoms with van der Waals surface area (Å²) in [6, 6.07) is 1.58. The van der Waals surface area contributed by atoms with Gasteiger partial charge in [0.15, 0.2) is 0 Å². The van der Waals surface area contributed by atoms with Crippen LogP contribution in [0.5, 0.6) is 0 Å². The summed E-state index contributed by atoms with van der Waals surface area (Å²) >= 11 is 2.59. The van der Waals surface area contributed by atoms with Crippen molar-refractivity contribution in [3.8, 4) is 0 Å². The topological polar surface area (TPSA) is 87.8 Å². The van der Waals surface area contributed by atoms with Crippen LogP contribution < -0.4 is 5.14 Å². The van der Waals surface area contributed by atoms with Gasteiger partial charge in [-0.15, -0.1) is 23.1 Å². The van der Waals surface area contributed by atoms with Crippen LogP contribution in [0.3, 0.4) is 0 Å². The molecule has 9 heteroatoms. The van der Waals surface area contributed by atoms with Crippen LogP contribution in [0, 0.1) is 0 Å². The van der Waals surface area contributed by atoms with Crippen LogP contribution in [0.2, 0.25) is 0 Å². The SMILES string of the molecule is COCCOCOC(C)c1sc(S(N)(=O)=O)cc1SC. The highest BCUT2D eigenvalue weighted by atomic mass is 32.2. The van der Waals surface area contributed by atoms with E-state index in [1.54, 1.807) is 13.2 Å². The van der Waals surface area contributed by atoms with E-state index in [-0.39, 0.29) is 17.1 Å². The lowest BCUT2D eigenvalue weighted by molar-refractivity contribution is -0.0934. The Balaban J connectivity index is 2.67. The van der Waals surface area contributed by atoms with Crippen LogP contribution in [0.25, 0.3) is 0 Å². The van der Waals surface area contributed by atoms with Crippen LogP contribution in [0.15, 0.2) is 15.2 Å². The van der Waals surface area contributed by atoms with E-state index in [9.17, 15) is 8.42 Å². The fraction of sp³-hybridized carbons (Fsp3) is 0.636. The number of sulfonamides is 1. The van der Waals surface area contributed by atoms with E-state index in [1.165, 1.54) is 11.8 Å². The molecule has 1 heterocycles. The molecule has 116 valence electrons. The first-order valence-corrected chi connectivity index (χ1v) is 9.37. The minimum atomic E-state index is -3.68. The number of primary sulfonamides is 1. The average Bonchev–Trinajstić information content (AvgIpc) is 2.82. The van der Waals surface area contributed by atoms with Gasteiger partial charge in [0, 0.05) is 16.9 Å². The number of thiophene rings is 1. The minimum absolute atomic E-state index is 0.126. The molecule has 1 rings (SSSR count). The molecule has 1 unspecified atom stereocenters. The van der Waals surface area contributed by atoms with Crippen LogP contribution in [-0.2, 0) is 24.2 Å². The molecular formula is C11H19NO5S3. The quantitative estimate of drug-likeness (QED) is 0.419. The third-order valence-electron chi connectivity index (χ3n) is 2.41. The lowest BCUT2D eigenvalue weighted by Crippen LogP contribution is -2.10. The maximum absolute atomic E-state index is 11.4. The molecule has 0 amide bonds. The third kappa shape index (κ3) is 5.32. The van der Waals surface area contributed by atoms with Crippen molar-refractivity contribution in [2.75, 3.05) is 33.4 Å². The summed E-state index contributed by atoms with van der Waals surface area (Å²) in [5.41, 5.74) is 0. The Morgan fingerprint density at radius 2 is 2.15 bits per heavy atom. The lowest BCUT2D eigenvalue weighted by atomic mass is 10.3. The van der Waals surface area contributed by atoms with E-state index >= 15 is 0 Å². The first kappa shape index (κ1) is 17.9. The first-order valence-electron chi connectivity index (χ1n) is 5.79. The monoisotopic (exact) mass is 341 g/mol. The summed E-state index contributed by atoms with van der Waals surface area (Å²) in [7, 11) is -2.08. The molecule has 1 aromatic heterocycles. The Morgan fingerprint density at radius 3 is 2.70 bits per heavy atom. The van der Waals surface area contributed by atoms with Gasteiger partial charge in [-0.1, -0.05) is 0 Å². The Labute approximate surface area is 127 Å². The highest BCUT2D eigenvalue weighted by Crippen LogP contribution is 2.37. The van der Waals surface area contributed by atoms with Gasteiger partial charge in [-0.2, -0.15) is 0 Å². The van der Waals surface area contributed by atoms with Crippen molar-refractivity contribution in [1.82, 2.24) is 0 Å². The normalized spacial score (nSPS) is 13.6. The predicted octanol–water partition coefficient (Wildman–Crippen LogP) is 1.82. The van der Waals surface area contributed by atoms with E-state index in [0.29, 0.717) is 13.2 Å². The molecular weight excluding hydrogens is 322 g/mol. The van der Waals surface area contributed by atoms with Crippen LogP contribution >= 0.6 is 23.1 Å². The first-order chi connectivity index (χ1) is 9.40. The van der Waals surface area contributed by atoms with Crippen molar-refractivity contribution in [3.63, 3.8) is 0 Å². The van der Waals surface area contributed by atoms with Crippen molar-refractivity contribution < 1.29 is 22.6 Å². The number of hydrogen-bond donors (Lipinski definition) is 1. The number of nitrogens with two attached hydrogens (primary N) is 1. The summed E-state index contributed by atoms with van der Waals surface area (Å²) in [6.07, 6.45) is 1.61. The second kappa shape index (κ2) is 8.32. The molecule has 0 saturated carbocycles. The number of ether oxygens (including phenoxy) is 3. The van der Waals surface area contributed by atoms with Crippen LogP contribution in [0.4, 0.5) is 0 Å². The standard InChI is InChI=1S/C11H19NO5S3/c1-8(17-7-16-5-4-15-2)11-9(18-3)6-10(19-11)20(12,13)14/h6,8H,4-5,7H2,1-3H3,(H2,12,13,14). The summed E-state index contributed by atoms with van der Waals surface area (Å²) in [5.74, 6) is 0. The zero-order valence-electron chi connectivity index (χ0n) is 11.6. The number of thioether (sulfide) groups is 1. The van der Waals surface area contributed by atoms with Gasteiger partial charge in [-0.3, -0.25) is 0 Å². The maximum atomic E-state index is 11.4. The largest absolute Gasteiger partial charge is 0.382 e. The van der Waals surface area contributed by atoms with Gasteiger partial charge in [-0.25, -0.2) is 13.6 Å². The Bertz CT molecular complexity index is 514. The molecule has 0 spiro atoms. The molecule has 0 fully saturated rings. The van der Waals surface area contributed by atoms with Crippen molar-refractivity contribution in [1.29, 1.82) is 0 Å². The molecule has 0 aromatic carbocycles. The lowest BCUT2D eigenvalue weighted by Gasteiger charge is -2.13. The van der Waals surface area contributed by atoms with Gasteiger partial charge in [0.2, 0.25) is 10.0 Å². The smallest absolute Gasteiger partial charge is 0.247 e. The summed E-state index contributed by atoms with van der Waals surface area (Å²) in [6.45, 7) is 2.92. The molecule has 1 atom stereocenters. The Morgan fingerprint density at radius 1 is 1.45 bits per heavy atom. The zero-order chi connectivity index (χ0) is 15.2. The van der Waals surface area contributed by atoms with E-state index in [0.717, 1.165) is 21.1 Å². The summed E-state index contributed by atoms with van der Waals surface area (Å²) < 4.78 is 38.5. The van der Waals surface area contributed by atoms with E-state index < -0.39 is 10.0 Å². The molecule has 0 bridgehead atoms. The fourth-order valence-electron chi connectivity index (χ4n) is 1.38. The highest BCUT2D eigenvalue weighted by molar-refractivity contribution is 7.99. The fourth-order valence-corrected chi connectivity index (χ4v) is 4.31. The minimum Gasteiger partial charge on any atom is -0.382 e. The van der Waals surface area contributed by atoms with E-state index in [4.69, 9.17) is 19.3 Å². The van der Waals surface area contributed by atoms with Gasteiger partial charge >= 0.3 is 0 Å². The molecule has 2 N–H and O–H groups in total. The van der Waals surface area contributed by atoms with Gasteiger partial charge in [0.1, 0.15) is 11.0 Å². The van der Waals surface area contributed by atoms with Gasteiger partial charge in [0.25, 0.3) is 0 Å². The molecule has 1 aromatic rings. The van der Waals surface area contributed by atoms with Crippen molar-refractivity contribution in [3.05, 3.63) is 10.9 Å². The molecule has 0 aliphatic rings. The molecule has 20 heavy (non-hydrogen) atoms.